The summed E-state index contributed by atoms with van der Waals surface area (Å²) in [4.78, 5) is 5.92. The molecule has 0 aromatic heterocycles. The van der Waals surface area contributed by atoms with Gasteiger partial charge >= 0.3 is 0 Å². The van der Waals surface area contributed by atoms with Crippen LogP contribution in [-0.4, -0.2) is 49.7 Å². The molecule has 0 aliphatic carbocycles. The van der Waals surface area contributed by atoms with E-state index in [4.69, 9.17) is 4.84 Å². The topological polar surface area (TPSA) is 49.9 Å². The van der Waals surface area contributed by atoms with Crippen LogP contribution in [-0.2, 0) is 14.9 Å². The zero-order valence-corrected chi connectivity index (χ0v) is 11.7. The predicted octanol–water partition coefficient (Wildman–Crippen LogP) is 1.01. The summed E-state index contributed by atoms with van der Waals surface area (Å²) < 4.78 is 24.7. The van der Waals surface area contributed by atoms with Crippen molar-refractivity contribution in [3.8, 4) is 0 Å². The monoisotopic (exact) mass is 282 g/mol. The summed E-state index contributed by atoms with van der Waals surface area (Å²) in [6.07, 6.45) is 2.16. The number of hydroxylamine groups is 2. The summed E-state index contributed by atoms with van der Waals surface area (Å²) in [5.41, 5.74) is 1.16. The van der Waals surface area contributed by atoms with E-state index in [-0.39, 0.29) is 12.1 Å². The Labute approximate surface area is 113 Å². The van der Waals surface area contributed by atoms with Gasteiger partial charge in [0.15, 0.2) is 0 Å². The van der Waals surface area contributed by atoms with Gasteiger partial charge in [-0.25, -0.2) is 8.42 Å². The first-order valence-corrected chi connectivity index (χ1v) is 8.32. The third kappa shape index (κ3) is 2.67. The Bertz CT molecular complexity index is 546. The van der Waals surface area contributed by atoms with E-state index in [0.717, 1.165) is 12.0 Å². The van der Waals surface area contributed by atoms with Crippen LogP contribution in [0, 0.1) is 0 Å². The van der Waals surface area contributed by atoms with Gasteiger partial charge in [-0.15, -0.1) is 0 Å². The molecule has 0 radical (unpaired) electrons. The Hall–Kier alpha value is -0.950. The predicted molar refractivity (Wildman–Crippen MR) is 71.8 cm³/mol. The van der Waals surface area contributed by atoms with Crippen molar-refractivity contribution in [1.82, 2.24) is 9.37 Å². The lowest BCUT2D eigenvalue weighted by Crippen LogP contribution is -2.51. The highest BCUT2D eigenvalue weighted by Crippen LogP contribution is 2.35. The maximum absolute atomic E-state index is 11.6. The molecule has 0 bridgehead atoms. The molecule has 1 aromatic carbocycles. The Balaban J connectivity index is 1.72. The highest BCUT2D eigenvalue weighted by molar-refractivity contribution is 7.88. The second-order valence-electron chi connectivity index (χ2n) is 5.16. The summed E-state index contributed by atoms with van der Waals surface area (Å²) in [5.74, 6) is 0. The Morgan fingerprint density at radius 2 is 1.95 bits per heavy atom. The van der Waals surface area contributed by atoms with E-state index in [1.165, 1.54) is 6.26 Å². The van der Waals surface area contributed by atoms with Gasteiger partial charge in [-0.1, -0.05) is 30.3 Å². The Morgan fingerprint density at radius 3 is 2.63 bits per heavy atom. The summed E-state index contributed by atoms with van der Waals surface area (Å²) in [7, 11) is -3.10. The molecule has 2 atom stereocenters. The average molecular weight is 282 g/mol. The van der Waals surface area contributed by atoms with Crippen LogP contribution in [0.25, 0.3) is 0 Å². The quantitative estimate of drug-likeness (QED) is 0.812. The van der Waals surface area contributed by atoms with Gasteiger partial charge in [0.1, 0.15) is 6.10 Å². The van der Waals surface area contributed by atoms with Gasteiger partial charge in [0.25, 0.3) is 0 Å². The molecule has 0 amide bonds. The molecular weight excluding hydrogens is 264 g/mol. The van der Waals surface area contributed by atoms with Crippen molar-refractivity contribution in [3.05, 3.63) is 35.9 Å². The number of hydrogen-bond donors (Lipinski definition) is 0. The van der Waals surface area contributed by atoms with Crippen LogP contribution in [0.4, 0.5) is 0 Å². The van der Waals surface area contributed by atoms with E-state index >= 15 is 0 Å². The third-order valence-corrected chi connectivity index (χ3v) is 5.05. The minimum atomic E-state index is -3.10. The highest BCUT2D eigenvalue weighted by Gasteiger charge is 2.40. The summed E-state index contributed by atoms with van der Waals surface area (Å²) in [5, 5.41) is 1.94. The molecule has 0 N–H and O–H groups in total. The second-order valence-corrected chi connectivity index (χ2v) is 7.14. The molecular formula is C13H18N2O3S. The number of sulfonamides is 1. The largest absolute Gasteiger partial charge is 0.290 e. The molecule has 2 saturated heterocycles. The fourth-order valence-electron chi connectivity index (χ4n) is 2.76. The minimum absolute atomic E-state index is 0.0470. The molecule has 2 aliphatic rings. The molecule has 6 heteroatoms. The van der Waals surface area contributed by atoms with Crippen molar-refractivity contribution < 1.29 is 13.3 Å². The molecule has 3 rings (SSSR count). The van der Waals surface area contributed by atoms with Crippen molar-refractivity contribution in [2.45, 2.75) is 18.6 Å². The first-order valence-electron chi connectivity index (χ1n) is 6.47. The zero-order valence-electron chi connectivity index (χ0n) is 10.9. The van der Waals surface area contributed by atoms with E-state index in [1.807, 2.05) is 23.3 Å². The molecule has 0 saturated carbocycles. The standard InChI is InChI=1S/C13H18N2O3S/c1-19(16,17)14-7-8-15-12(10-14)9-13(18-15)11-5-3-2-4-6-11/h2-6,12-13H,7-10H2,1H3/t12-,13-/m0/s1. The first-order chi connectivity index (χ1) is 9.04. The summed E-state index contributed by atoms with van der Waals surface area (Å²) in [6, 6.07) is 10.2. The van der Waals surface area contributed by atoms with Crippen LogP contribution in [0.15, 0.2) is 30.3 Å². The van der Waals surface area contributed by atoms with Crippen LogP contribution < -0.4 is 0 Å². The lowest BCUT2D eigenvalue weighted by Gasteiger charge is -2.34. The maximum Gasteiger partial charge on any atom is 0.211 e. The lowest BCUT2D eigenvalue weighted by atomic mass is 10.0. The number of piperazine rings is 1. The molecule has 5 nitrogen and oxygen atoms in total. The lowest BCUT2D eigenvalue weighted by molar-refractivity contribution is -0.175. The van der Waals surface area contributed by atoms with Crippen LogP contribution in [0.5, 0.6) is 0 Å². The van der Waals surface area contributed by atoms with Gasteiger partial charge in [-0.3, -0.25) is 4.84 Å². The van der Waals surface area contributed by atoms with E-state index in [2.05, 4.69) is 12.1 Å². The molecule has 0 spiro atoms. The highest BCUT2D eigenvalue weighted by atomic mass is 32.2. The number of hydrogen-bond acceptors (Lipinski definition) is 4. The van der Waals surface area contributed by atoms with Crippen LogP contribution >= 0.6 is 0 Å². The van der Waals surface area contributed by atoms with Crippen molar-refractivity contribution in [3.63, 3.8) is 0 Å². The average Bonchev–Trinajstić information content (AvgIpc) is 2.81. The fraction of sp³-hybridized carbons (Fsp3) is 0.538. The van der Waals surface area contributed by atoms with Crippen molar-refractivity contribution in [1.29, 1.82) is 0 Å². The molecule has 2 aliphatic heterocycles. The SMILES string of the molecule is CS(=O)(=O)N1CCN2O[C@H](c3ccccc3)C[C@H]2C1. The first kappa shape index (κ1) is 13.1. The molecule has 0 unspecified atom stereocenters. The van der Waals surface area contributed by atoms with Gasteiger partial charge in [-0.05, 0) is 12.0 Å². The normalized spacial score (nSPS) is 29.3. The minimum Gasteiger partial charge on any atom is -0.290 e. The van der Waals surface area contributed by atoms with E-state index < -0.39 is 10.0 Å². The fourth-order valence-corrected chi connectivity index (χ4v) is 3.62. The van der Waals surface area contributed by atoms with Gasteiger partial charge in [0.2, 0.25) is 10.0 Å². The maximum atomic E-state index is 11.6. The Kier molecular flexibility index (Phi) is 3.34. The number of benzene rings is 1. The van der Waals surface area contributed by atoms with E-state index in [9.17, 15) is 8.42 Å². The van der Waals surface area contributed by atoms with E-state index in [0.29, 0.717) is 19.6 Å². The second kappa shape index (κ2) is 4.86. The van der Waals surface area contributed by atoms with Crippen molar-refractivity contribution in [2.75, 3.05) is 25.9 Å². The van der Waals surface area contributed by atoms with Gasteiger partial charge in [0.05, 0.1) is 12.3 Å². The molecule has 2 fully saturated rings. The number of rotatable bonds is 2. The van der Waals surface area contributed by atoms with Crippen LogP contribution in [0.3, 0.4) is 0 Å². The van der Waals surface area contributed by atoms with Gasteiger partial charge < -0.3 is 0 Å². The van der Waals surface area contributed by atoms with Crippen molar-refractivity contribution in [2.24, 2.45) is 0 Å². The third-order valence-electron chi connectivity index (χ3n) is 3.78. The van der Waals surface area contributed by atoms with Gasteiger partial charge in [0, 0.05) is 19.6 Å². The zero-order chi connectivity index (χ0) is 13.5. The van der Waals surface area contributed by atoms with Crippen molar-refractivity contribution >= 4 is 10.0 Å². The number of fused-ring (bicyclic) bond motifs is 1. The molecule has 1 aromatic rings. The molecule has 19 heavy (non-hydrogen) atoms. The van der Waals surface area contributed by atoms with E-state index in [1.54, 1.807) is 4.31 Å². The smallest absolute Gasteiger partial charge is 0.211 e. The summed E-state index contributed by atoms with van der Waals surface area (Å²) >= 11 is 0. The molecule has 2 heterocycles. The molecule has 104 valence electrons. The Morgan fingerprint density at radius 1 is 1.21 bits per heavy atom. The van der Waals surface area contributed by atoms with Gasteiger partial charge in [-0.2, -0.15) is 9.37 Å². The van der Waals surface area contributed by atoms with Crippen LogP contribution in [0.1, 0.15) is 18.1 Å². The van der Waals surface area contributed by atoms with Crippen LogP contribution in [0.2, 0.25) is 0 Å². The summed E-state index contributed by atoms with van der Waals surface area (Å²) in [6.45, 7) is 1.68. The number of nitrogens with zero attached hydrogens (tertiary/aromatic N) is 2.